The van der Waals surface area contributed by atoms with E-state index >= 15 is 0 Å². The first kappa shape index (κ1) is 14.0. The van der Waals surface area contributed by atoms with Crippen LogP contribution in [0.25, 0.3) is 0 Å². The lowest BCUT2D eigenvalue weighted by molar-refractivity contribution is 0.591. The molecular weight excluding hydrogens is 208 g/mol. The molecule has 0 aromatic heterocycles. The molecular formula is C15H26N2. The fourth-order valence-electron chi connectivity index (χ4n) is 2.14. The Hall–Kier alpha value is -1.02. The first-order valence-corrected chi connectivity index (χ1v) is 6.71. The fourth-order valence-corrected chi connectivity index (χ4v) is 2.14. The van der Waals surface area contributed by atoms with E-state index in [0.29, 0.717) is 6.04 Å². The van der Waals surface area contributed by atoms with Gasteiger partial charge in [-0.15, -0.1) is 0 Å². The summed E-state index contributed by atoms with van der Waals surface area (Å²) in [5.74, 6) is 0. The number of rotatable bonds is 7. The van der Waals surface area contributed by atoms with E-state index < -0.39 is 0 Å². The topological polar surface area (TPSA) is 29.3 Å². The van der Waals surface area contributed by atoms with Crippen molar-refractivity contribution in [2.24, 2.45) is 5.73 Å². The van der Waals surface area contributed by atoms with E-state index in [9.17, 15) is 0 Å². The van der Waals surface area contributed by atoms with E-state index in [-0.39, 0.29) is 0 Å². The van der Waals surface area contributed by atoms with Gasteiger partial charge in [0.05, 0.1) is 0 Å². The molecule has 1 aromatic carbocycles. The van der Waals surface area contributed by atoms with Crippen LogP contribution in [0.2, 0.25) is 0 Å². The second kappa shape index (κ2) is 7.33. The Labute approximate surface area is 106 Å². The van der Waals surface area contributed by atoms with Crippen molar-refractivity contribution in [3.8, 4) is 0 Å². The third kappa shape index (κ3) is 4.78. The Bertz CT molecular complexity index is 320. The van der Waals surface area contributed by atoms with E-state index in [1.54, 1.807) is 0 Å². The molecule has 96 valence electrons. The van der Waals surface area contributed by atoms with Crippen LogP contribution in [0.4, 0.5) is 5.69 Å². The van der Waals surface area contributed by atoms with Crippen LogP contribution in [-0.4, -0.2) is 19.1 Å². The number of nitrogens with two attached hydrogens (primary N) is 1. The summed E-state index contributed by atoms with van der Waals surface area (Å²) >= 11 is 0. The molecule has 2 heteroatoms. The Morgan fingerprint density at radius 1 is 1.24 bits per heavy atom. The number of unbranched alkanes of at least 4 members (excludes halogenated alkanes) is 1. The van der Waals surface area contributed by atoms with E-state index in [2.05, 4.69) is 49.9 Å². The van der Waals surface area contributed by atoms with Crippen LogP contribution in [0.5, 0.6) is 0 Å². The minimum absolute atomic E-state index is 0.337. The molecule has 0 aliphatic heterocycles. The highest BCUT2D eigenvalue weighted by Gasteiger charge is 2.06. The molecule has 0 aliphatic rings. The lowest BCUT2D eigenvalue weighted by Crippen LogP contribution is -2.25. The average molecular weight is 234 g/mol. The summed E-state index contributed by atoms with van der Waals surface area (Å²) in [5, 5.41) is 0. The average Bonchev–Trinajstić information content (AvgIpc) is 2.30. The standard InChI is InChI=1S/C15H26N2/c1-4-17(12-8-7-10-14(3)16)15-11-6-5-9-13(15)2/h5-6,9,11,14H,4,7-8,10,12,16H2,1-3H3. The van der Waals surface area contributed by atoms with E-state index in [0.717, 1.165) is 19.5 Å². The van der Waals surface area contributed by atoms with Crippen molar-refractivity contribution < 1.29 is 0 Å². The van der Waals surface area contributed by atoms with Crippen LogP contribution in [0.1, 0.15) is 38.7 Å². The summed E-state index contributed by atoms with van der Waals surface area (Å²) in [5.41, 5.74) is 8.50. The molecule has 0 fully saturated rings. The van der Waals surface area contributed by atoms with Crippen molar-refractivity contribution in [3.05, 3.63) is 29.8 Å². The molecule has 1 rings (SSSR count). The minimum atomic E-state index is 0.337. The summed E-state index contributed by atoms with van der Waals surface area (Å²) in [6.45, 7) is 8.69. The van der Waals surface area contributed by atoms with E-state index in [1.807, 2.05) is 0 Å². The van der Waals surface area contributed by atoms with Crippen LogP contribution < -0.4 is 10.6 Å². The highest BCUT2D eigenvalue weighted by atomic mass is 15.1. The summed E-state index contributed by atoms with van der Waals surface area (Å²) in [6.07, 6.45) is 3.58. The molecule has 1 atom stereocenters. The van der Waals surface area contributed by atoms with Crippen molar-refractivity contribution in [1.82, 2.24) is 0 Å². The highest BCUT2D eigenvalue weighted by Crippen LogP contribution is 2.19. The summed E-state index contributed by atoms with van der Waals surface area (Å²) in [7, 11) is 0. The Morgan fingerprint density at radius 2 is 1.94 bits per heavy atom. The molecule has 0 spiro atoms. The monoisotopic (exact) mass is 234 g/mol. The lowest BCUT2D eigenvalue weighted by Gasteiger charge is -2.25. The van der Waals surface area contributed by atoms with Gasteiger partial charge in [-0.3, -0.25) is 0 Å². The van der Waals surface area contributed by atoms with Crippen molar-refractivity contribution in [2.45, 2.75) is 46.1 Å². The number of aryl methyl sites for hydroxylation is 1. The van der Waals surface area contributed by atoms with Crippen molar-refractivity contribution >= 4 is 5.69 Å². The molecule has 0 amide bonds. The summed E-state index contributed by atoms with van der Waals surface area (Å²) in [4.78, 5) is 2.45. The Morgan fingerprint density at radius 3 is 2.53 bits per heavy atom. The maximum atomic E-state index is 5.76. The zero-order chi connectivity index (χ0) is 12.7. The second-order valence-corrected chi connectivity index (χ2v) is 4.84. The van der Waals surface area contributed by atoms with Gasteiger partial charge in [-0.2, -0.15) is 0 Å². The number of hydrogen-bond acceptors (Lipinski definition) is 2. The number of hydrogen-bond donors (Lipinski definition) is 1. The maximum absolute atomic E-state index is 5.76. The second-order valence-electron chi connectivity index (χ2n) is 4.84. The molecule has 1 aromatic rings. The molecule has 2 nitrogen and oxygen atoms in total. The van der Waals surface area contributed by atoms with Crippen LogP contribution in [0.15, 0.2) is 24.3 Å². The van der Waals surface area contributed by atoms with Gasteiger partial charge >= 0.3 is 0 Å². The van der Waals surface area contributed by atoms with Crippen LogP contribution in [-0.2, 0) is 0 Å². The fraction of sp³-hybridized carbons (Fsp3) is 0.600. The zero-order valence-electron chi connectivity index (χ0n) is 11.4. The molecule has 0 heterocycles. The normalized spacial score (nSPS) is 12.5. The molecule has 0 saturated heterocycles. The van der Waals surface area contributed by atoms with Gasteiger partial charge in [-0.25, -0.2) is 0 Å². The third-order valence-corrected chi connectivity index (χ3v) is 3.18. The van der Waals surface area contributed by atoms with Crippen LogP contribution >= 0.6 is 0 Å². The molecule has 0 bridgehead atoms. The quantitative estimate of drug-likeness (QED) is 0.733. The summed E-state index contributed by atoms with van der Waals surface area (Å²) < 4.78 is 0. The highest BCUT2D eigenvalue weighted by molar-refractivity contribution is 5.52. The number of benzene rings is 1. The van der Waals surface area contributed by atoms with Gasteiger partial charge in [0.25, 0.3) is 0 Å². The largest absolute Gasteiger partial charge is 0.372 e. The summed E-state index contributed by atoms with van der Waals surface area (Å²) in [6, 6.07) is 8.95. The molecule has 0 radical (unpaired) electrons. The molecule has 0 saturated carbocycles. The van der Waals surface area contributed by atoms with Gasteiger partial charge in [0.2, 0.25) is 0 Å². The van der Waals surface area contributed by atoms with Crippen molar-refractivity contribution in [1.29, 1.82) is 0 Å². The van der Waals surface area contributed by atoms with Crippen LogP contribution in [0.3, 0.4) is 0 Å². The minimum Gasteiger partial charge on any atom is -0.372 e. The first-order chi connectivity index (χ1) is 8.15. The van der Waals surface area contributed by atoms with E-state index in [4.69, 9.17) is 5.73 Å². The van der Waals surface area contributed by atoms with E-state index in [1.165, 1.54) is 24.1 Å². The SMILES string of the molecule is CCN(CCCCC(C)N)c1ccccc1C. The third-order valence-electron chi connectivity index (χ3n) is 3.18. The van der Waals surface area contributed by atoms with Gasteiger partial charge in [0.15, 0.2) is 0 Å². The number of anilines is 1. The predicted molar refractivity (Wildman–Crippen MR) is 76.6 cm³/mol. The maximum Gasteiger partial charge on any atom is 0.0395 e. The van der Waals surface area contributed by atoms with Crippen LogP contribution in [0, 0.1) is 6.92 Å². The number of nitrogens with zero attached hydrogens (tertiary/aromatic N) is 1. The smallest absolute Gasteiger partial charge is 0.0395 e. The predicted octanol–water partition coefficient (Wildman–Crippen LogP) is 3.34. The first-order valence-electron chi connectivity index (χ1n) is 6.71. The molecule has 2 N–H and O–H groups in total. The Balaban J connectivity index is 2.46. The lowest BCUT2D eigenvalue weighted by atomic mass is 10.1. The number of para-hydroxylation sites is 1. The molecule has 1 unspecified atom stereocenters. The van der Waals surface area contributed by atoms with Crippen molar-refractivity contribution in [2.75, 3.05) is 18.0 Å². The zero-order valence-corrected chi connectivity index (χ0v) is 11.4. The molecule has 17 heavy (non-hydrogen) atoms. The van der Waals surface area contributed by atoms with Crippen molar-refractivity contribution in [3.63, 3.8) is 0 Å². The van der Waals surface area contributed by atoms with Gasteiger partial charge < -0.3 is 10.6 Å². The Kier molecular flexibility index (Phi) is 6.06. The van der Waals surface area contributed by atoms with Gasteiger partial charge in [-0.05, 0) is 45.2 Å². The van der Waals surface area contributed by atoms with Gasteiger partial charge in [0.1, 0.15) is 0 Å². The van der Waals surface area contributed by atoms with Gasteiger partial charge in [-0.1, -0.05) is 24.6 Å². The molecule has 0 aliphatic carbocycles. The van der Waals surface area contributed by atoms with Gasteiger partial charge in [0, 0.05) is 24.8 Å².